The van der Waals surface area contributed by atoms with Crippen LogP contribution in [-0.4, -0.2) is 0 Å². The zero-order valence-corrected chi connectivity index (χ0v) is 8.68. The van der Waals surface area contributed by atoms with Crippen LogP contribution in [0.5, 0.6) is 0 Å². The molecule has 0 amide bonds. The van der Waals surface area contributed by atoms with Crippen molar-refractivity contribution >= 4 is 15.6 Å². The zero-order chi connectivity index (χ0) is 11.1. The summed E-state index contributed by atoms with van der Waals surface area (Å²) in [6.45, 7) is 0. The van der Waals surface area contributed by atoms with E-state index in [1.54, 1.807) is 0 Å². The van der Waals surface area contributed by atoms with Gasteiger partial charge in [-0.25, -0.2) is 0 Å². The summed E-state index contributed by atoms with van der Waals surface area (Å²) in [5.41, 5.74) is 0. The van der Waals surface area contributed by atoms with Crippen LogP contribution < -0.4 is 19.6 Å². The van der Waals surface area contributed by atoms with E-state index >= 15 is 0 Å². The minimum Gasteiger partial charge on any atom is -0.790 e. The Kier molecular flexibility index (Phi) is 11.2. The van der Waals surface area contributed by atoms with Crippen molar-refractivity contribution in [2.24, 2.45) is 0 Å². The molecule has 14 heavy (non-hydrogen) atoms. The van der Waals surface area contributed by atoms with Gasteiger partial charge >= 0.3 is 17.1 Å². The summed E-state index contributed by atoms with van der Waals surface area (Å²) in [6.07, 6.45) is 0. The van der Waals surface area contributed by atoms with Crippen LogP contribution in [0.2, 0.25) is 0 Å². The first-order valence-electron chi connectivity index (χ1n) is 2.16. The fraction of sp³-hybridized carbons (Fsp3) is 0. The molecule has 0 saturated heterocycles. The van der Waals surface area contributed by atoms with Gasteiger partial charge in [-0.1, -0.05) is 0 Å². The number of rotatable bonds is 2. The molecule has 0 saturated carbocycles. The number of hydrogen-bond acceptors (Lipinski definition) is 9. The largest absolute Gasteiger partial charge is 4.00 e. The second-order valence-corrected chi connectivity index (χ2v) is 3.64. The van der Waals surface area contributed by atoms with Crippen molar-refractivity contribution in [1.29, 1.82) is 10.5 Å². The summed E-state index contributed by atoms with van der Waals surface area (Å²) >= 11 is 0. The van der Waals surface area contributed by atoms with Crippen LogP contribution in [0.1, 0.15) is 0 Å². The fourth-order valence-electron chi connectivity index (χ4n) is 0.122. The average molecular weight is 290 g/mol. The maximum atomic E-state index is 9.32. The molecule has 0 aromatic rings. The smallest absolute Gasteiger partial charge is 0.790 e. The molecular weight excluding hydrogens is 290 g/mol. The summed E-state index contributed by atoms with van der Waals surface area (Å²) < 4.78 is 21.2. The van der Waals surface area contributed by atoms with E-state index in [1.165, 1.54) is 12.1 Å². The zero-order valence-electron chi connectivity index (χ0n) is 5.95. The molecule has 0 heterocycles. The molecular formula is C2CuN2O7P2. The summed E-state index contributed by atoms with van der Waals surface area (Å²) in [5.74, 6) is 0. The molecule has 0 atom stereocenters. The predicted molar refractivity (Wildman–Crippen MR) is 27.5 cm³/mol. The second-order valence-electron chi connectivity index (χ2n) is 1.20. The SMILES string of the molecule is N#CC#N.O=P([O-])([O-])OP(=O)([O-])[O-].[Cu+4]. The number of nitriles is 2. The molecule has 0 bridgehead atoms. The minimum atomic E-state index is -5.68. The molecule has 9 nitrogen and oxygen atoms in total. The number of phosphoric acid groups is 2. The van der Waals surface area contributed by atoms with E-state index in [-0.39, 0.29) is 17.1 Å². The van der Waals surface area contributed by atoms with Crippen LogP contribution in [0.4, 0.5) is 0 Å². The van der Waals surface area contributed by atoms with Crippen LogP contribution in [0.3, 0.4) is 0 Å². The molecule has 0 unspecified atom stereocenters. The second kappa shape index (κ2) is 8.10. The Morgan fingerprint density at radius 2 is 1.14 bits per heavy atom. The van der Waals surface area contributed by atoms with Gasteiger partial charge in [-0.3, -0.25) is 0 Å². The van der Waals surface area contributed by atoms with Gasteiger partial charge in [0.05, 0.1) is 15.6 Å². The summed E-state index contributed by atoms with van der Waals surface area (Å²) in [5, 5.41) is 14.5. The maximum Gasteiger partial charge on any atom is 4.00 e. The summed E-state index contributed by atoms with van der Waals surface area (Å²) in [4.78, 5) is 37.3. The molecule has 81 valence electrons. The topological polar surface area (TPSA) is 183 Å². The first-order chi connectivity index (χ1) is 5.62. The molecule has 0 aliphatic heterocycles. The van der Waals surface area contributed by atoms with Crippen molar-refractivity contribution < 1.29 is 50.1 Å². The standard InChI is InChI=1S/C2N2.Cu.H4O7P2/c3-1-2-4;;1-8(2,3)7-9(4,5)6/h;;(H2,1,2,3)(H2,4,5,6)/q;+4;/p-4. The quantitative estimate of drug-likeness (QED) is 0.370. The number of hydrogen-bond donors (Lipinski definition) is 0. The van der Waals surface area contributed by atoms with E-state index in [1.807, 2.05) is 0 Å². The van der Waals surface area contributed by atoms with Crippen LogP contribution in [0.15, 0.2) is 0 Å². The Balaban J connectivity index is -0.000000209. The van der Waals surface area contributed by atoms with Gasteiger partial charge in [-0.05, 0) is 0 Å². The molecule has 0 fully saturated rings. The third-order valence-electron chi connectivity index (χ3n) is 0.250. The van der Waals surface area contributed by atoms with Crippen LogP contribution in [0.25, 0.3) is 0 Å². The minimum absolute atomic E-state index is 0. The molecule has 0 aromatic carbocycles. The van der Waals surface area contributed by atoms with Crippen molar-refractivity contribution in [3.05, 3.63) is 0 Å². The molecule has 0 spiro atoms. The van der Waals surface area contributed by atoms with Gasteiger partial charge < -0.3 is 33.0 Å². The molecule has 0 aromatic heterocycles. The van der Waals surface area contributed by atoms with Crippen molar-refractivity contribution in [3.8, 4) is 12.1 Å². The van der Waals surface area contributed by atoms with Gasteiger partial charge in [0, 0.05) is 0 Å². The van der Waals surface area contributed by atoms with Gasteiger partial charge in [-0.15, -0.1) is 0 Å². The van der Waals surface area contributed by atoms with Gasteiger partial charge in [0.25, 0.3) is 0 Å². The van der Waals surface area contributed by atoms with E-state index in [0.29, 0.717) is 0 Å². The van der Waals surface area contributed by atoms with E-state index in [0.717, 1.165) is 0 Å². The normalized spacial score (nSPS) is 9.57. The molecule has 0 N–H and O–H groups in total. The third-order valence-corrected chi connectivity index (χ3v) is 1.85. The van der Waals surface area contributed by atoms with Crippen LogP contribution in [-0.2, 0) is 30.5 Å². The van der Waals surface area contributed by atoms with Gasteiger partial charge in [0.15, 0.2) is 12.1 Å². The first kappa shape index (κ1) is 19.4. The van der Waals surface area contributed by atoms with Gasteiger partial charge in [-0.2, -0.15) is 10.5 Å². The monoisotopic (exact) mass is 289 g/mol. The Morgan fingerprint density at radius 1 is 0.929 bits per heavy atom. The summed E-state index contributed by atoms with van der Waals surface area (Å²) in [6, 6.07) is 2.47. The number of nitrogens with zero attached hydrogens (tertiary/aromatic N) is 2. The van der Waals surface area contributed by atoms with Crippen molar-refractivity contribution in [2.45, 2.75) is 0 Å². The predicted octanol–water partition coefficient (Wildman–Crippen LogP) is -3.31. The summed E-state index contributed by atoms with van der Waals surface area (Å²) in [7, 11) is -11.4. The Labute approximate surface area is 88.9 Å². The van der Waals surface area contributed by atoms with E-state index in [9.17, 15) is 28.7 Å². The molecule has 0 aliphatic rings. The molecule has 12 heteroatoms. The maximum absolute atomic E-state index is 9.32. The van der Waals surface area contributed by atoms with Crippen LogP contribution >= 0.6 is 15.6 Å². The van der Waals surface area contributed by atoms with E-state index in [4.69, 9.17) is 10.5 Å². The third kappa shape index (κ3) is 29.8. The van der Waals surface area contributed by atoms with Crippen LogP contribution in [0, 0.1) is 22.7 Å². The van der Waals surface area contributed by atoms with E-state index in [2.05, 4.69) is 4.31 Å². The first-order valence-corrected chi connectivity index (χ1v) is 5.08. The Morgan fingerprint density at radius 3 is 1.14 bits per heavy atom. The average Bonchev–Trinajstić information content (AvgIpc) is 1.80. The Bertz CT molecular complexity index is 286. The Hall–Kier alpha value is -0.241. The molecule has 1 radical (unpaired) electrons. The molecule has 0 aliphatic carbocycles. The van der Waals surface area contributed by atoms with Crippen molar-refractivity contribution in [2.75, 3.05) is 0 Å². The van der Waals surface area contributed by atoms with Crippen molar-refractivity contribution in [3.63, 3.8) is 0 Å². The molecule has 0 rings (SSSR count). The van der Waals surface area contributed by atoms with Gasteiger partial charge in [0.2, 0.25) is 0 Å². The van der Waals surface area contributed by atoms with Crippen molar-refractivity contribution in [1.82, 2.24) is 0 Å². The van der Waals surface area contributed by atoms with Gasteiger partial charge in [0.1, 0.15) is 0 Å². The fourth-order valence-corrected chi connectivity index (χ4v) is 1.10. The van der Waals surface area contributed by atoms with E-state index < -0.39 is 15.6 Å².